The molecule has 5 heteroatoms. The van der Waals surface area contributed by atoms with Crippen LogP contribution < -0.4 is 5.32 Å². The Morgan fingerprint density at radius 3 is 2.47 bits per heavy atom. The molecule has 30 heavy (non-hydrogen) atoms. The normalized spacial score (nSPS) is 11.2. The summed E-state index contributed by atoms with van der Waals surface area (Å²) in [5, 5.41) is 2.85. The molecule has 4 rings (SSSR count). The lowest BCUT2D eigenvalue weighted by Crippen LogP contribution is -2.20. The summed E-state index contributed by atoms with van der Waals surface area (Å²) in [6.07, 6.45) is 0.0288. The van der Waals surface area contributed by atoms with Crippen molar-refractivity contribution >= 4 is 22.6 Å². The van der Waals surface area contributed by atoms with E-state index in [9.17, 15) is 4.79 Å². The van der Waals surface area contributed by atoms with Gasteiger partial charge in [0, 0.05) is 11.3 Å². The van der Waals surface area contributed by atoms with Crippen LogP contribution in [0.2, 0.25) is 0 Å². The Bertz CT molecular complexity index is 1180. The van der Waals surface area contributed by atoms with Crippen molar-refractivity contribution in [2.45, 2.75) is 26.9 Å². The molecule has 0 aliphatic heterocycles. The number of fused-ring (bicyclic) bond motifs is 1. The van der Waals surface area contributed by atoms with Crippen LogP contribution in [0.25, 0.3) is 33.5 Å². The number of imidazole rings is 1. The second-order valence-corrected chi connectivity index (χ2v) is 7.62. The zero-order valence-electron chi connectivity index (χ0n) is 17.4. The Labute approximate surface area is 176 Å². The zero-order chi connectivity index (χ0) is 21.1. The number of hydrogen-bond donors (Lipinski definition) is 2. The fourth-order valence-electron chi connectivity index (χ4n) is 3.34. The van der Waals surface area contributed by atoms with E-state index in [2.05, 4.69) is 41.5 Å². The molecule has 0 unspecified atom stereocenters. The average Bonchev–Trinajstić information content (AvgIpc) is 3.19. The molecule has 4 aromatic rings. The second-order valence-electron chi connectivity index (χ2n) is 7.62. The molecule has 0 aliphatic carbocycles. The number of hydrogen-bond acceptors (Lipinski definition) is 3. The maximum absolute atomic E-state index is 11.9. The molecule has 152 valence electrons. The number of aryl methyl sites for hydroxylation is 1. The molecule has 0 saturated carbocycles. The van der Waals surface area contributed by atoms with Crippen LogP contribution in [-0.4, -0.2) is 28.6 Å². The van der Waals surface area contributed by atoms with Crippen LogP contribution in [0.15, 0.2) is 66.7 Å². The number of carbonyl (C=O) groups is 1. The number of rotatable bonds is 6. The van der Waals surface area contributed by atoms with Gasteiger partial charge in [-0.2, -0.15) is 0 Å². The van der Waals surface area contributed by atoms with Gasteiger partial charge in [0.05, 0.1) is 17.1 Å². The van der Waals surface area contributed by atoms with Crippen LogP contribution >= 0.6 is 0 Å². The van der Waals surface area contributed by atoms with Gasteiger partial charge in [-0.15, -0.1) is 0 Å². The number of H-pyrrole nitrogens is 1. The molecule has 1 heterocycles. The average molecular weight is 399 g/mol. The van der Waals surface area contributed by atoms with Crippen LogP contribution in [-0.2, 0) is 9.53 Å². The van der Waals surface area contributed by atoms with Crippen LogP contribution in [0.1, 0.15) is 19.4 Å². The fourth-order valence-corrected chi connectivity index (χ4v) is 3.34. The van der Waals surface area contributed by atoms with Gasteiger partial charge >= 0.3 is 0 Å². The van der Waals surface area contributed by atoms with E-state index in [1.54, 1.807) is 0 Å². The quantitative estimate of drug-likeness (QED) is 0.445. The van der Waals surface area contributed by atoms with Gasteiger partial charge in [0.15, 0.2) is 0 Å². The van der Waals surface area contributed by atoms with Crippen LogP contribution in [0.3, 0.4) is 0 Å². The number of nitrogens with zero attached hydrogens (tertiary/aromatic N) is 1. The Hall–Kier alpha value is -3.44. The summed E-state index contributed by atoms with van der Waals surface area (Å²) in [6, 6.07) is 22.2. The molecule has 0 spiro atoms. The highest BCUT2D eigenvalue weighted by atomic mass is 16.5. The summed E-state index contributed by atoms with van der Waals surface area (Å²) in [5.74, 6) is 0.703. The molecule has 5 nitrogen and oxygen atoms in total. The molecule has 1 aromatic heterocycles. The summed E-state index contributed by atoms with van der Waals surface area (Å²) in [6.45, 7) is 5.93. The van der Waals surface area contributed by atoms with Gasteiger partial charge in [0.2, 0.25) is 5.91 Å². The SMILES string of the molecule is Cc1cccc2[nH]c(-c3cccc(-c4ccc(NC(=O)COC(C)C)cc4)c3)nc12. The first kappa shape index (κ1) is 19.9. The molecule has 2 N–H and O–H groups in total. The monoisotopic (exact) mass is 399 g/mol. The lowest BCUT2D eigenvalue weighted by Gasteiger charge is -2.09. The van der Waals surface area contributed by atoms with E-state index in [-0.39, 0.29) is 18.6 Å². The first-order valence-electron chi connectivity index (χ1n) is 10.1. The van der Waals surface area contributed by atoms with Crippen LogP contribution in [0.5, 0.6) is 0 Å². The molecular formula is C25H25N3O2. The molecule has 0 radical (unpaired) electrons. The van der Waals surface area contributed by atoms with Crippen molar-refractivity contribution < 1.29 is 9.53 Å². The molecule has 0 aliphatic rings. The fraction of sp³-hybridized carbons (Fsp3) is 0.200. The minimum atomic E-state index is -0.154. The van der Waals surface area contributed by atoms with Crippen molar-refractivity contribution in [1.29, 1.82) is 0 Å². The third-order valence-corrected chi connectivity index (χ3v) is 4.90. The Morgan fingerprint density at radius 2 is 1.73 bits per heavy atom. The standard InChI is InChI=1S/C25H25N3O2/c1-16(2)30-15-23(29)26-21-12-10-18(11-13-21)19-7-5-8-20(14-19)25-27-22-9-4-6-17(3)24(22)28-25/h4-14,16H,15H2,1-3H3,(H,26,29)(H,27,28). The van der Waals surface area contributed by atoms with Gasteiger partial charge in [0.1, 0.15) is 12.4 Å². The third-order valence-electron chi connectivity index (χ3n) is 4.90. The first-order chi connectivity index (χ1) is 14.5. The highest BCUT2D eigenvalue weighted by molar-refractivity contribution is 5.92. The molecule has 0 saturated heterocycles. The van der Waals surface area contributed by atoms with Gasteiger partial charge in [0.25, 0.3) is 0 Å². The number of nitrogens with one attached hydrogen (secondary N) is 2. The number of para-hydroxylation sites is 1. The highest BCUT2D eigenvalue weighted by Gasteiger charge is 2.09. The van der Waals surface area contributed by atoms with E-state index in [0.29, 0.717) is 0 Å². The van der Waals surface area contributed by atoms with E-state index in [1.807, 2.05) is 56.3 Å². The number of aromatic amines is 1. The predicted molar refractivity (Wildman–Crippen MR) is 121 cm³/mol. The van der Waals surface area contributed by atoms with Crippen LogP contribution in [0.4, 0.5) is 5.69 Å². The summed E-state index contributed by atoms with van der Waals surface area (Å²) in [4.78, 5) is 20.1. The van der Waals surface area contributed by atoms with Gasteiger partial charge in [-0.05, 0) is 61.7 Å². The Morgan fingerprint density at radius 1 is 1.00 bits per heavy atom. The van der Waals surface area contributed by atoms with Gasteiger partial charge in [-0.3, -0.25) is 4.79 Å². The molecular weight excluding hydrogens is 374 g/mol. The number of benzene rings is 3. The summed E-state index contributed by atoms with van der Waals surface area (Å²) in [5.41, 5.74) is 7.14. The summed E-state index contributed by atoms with van der Waals surface area (Å²) >= 11 is 0. The lowest BCUT2D eigenvalue weighted by molar-refractivity contribution is -0.121. The van der Waals surface area contributed by atoms with E-state index in [1.165, 1.54) is 0 Å². The minimum Gasteiger partial charge on any atom is -0.369 e. The van der Waals surface area contributed by atoms with E-state index in [0.717, 1.165) is 44.8 Å². The second kappa shape index (κ2) is 8.51. The molecule has 1 amide bonds. The first-order valence-corrected chi connectivity index (χ1v) is 10.1. The number of anilines is 1. The van der Waals surface area contributed by atoms with E-state index in [4.69, 9.17) is 9.72 Å². The Kier molecular flexibility index (Phi) is 5.63. The topological polar surface area (TPSA) is 67.0 Å². The van der Waals surface area contributed by atoms with Gasteiger partial charge in [-0.25, -0.2) is 4.98 Å². The Balaban J connectivity index is 1.53. The van der Waals surface area contributed by atoms with Crippen molar-refractivity contribution in [1.82, 2.24) is 9.97 Å². The third kappa shape index (κ3) is 4.42. The van der Waals surface area contributed by atoms with E-state index >= 15 is 0 Å². The maximum atomic E-state index is 11.9. The zero-order valence-corrected chi connectivity index (χ0v) is 17.4. The van der Waals surface area contributed by atoms with Gasteiger partial charge in [-0.1, -0.05) is 42.5 Å². The molecule has 0 bridgehead atoms. The van der Waals surface area contributed by atoms with Gasteiger partial charge < -0.3 is 15.0 Å². The minimum absolute atomic E-state index is 0.0288. The summed E-state index contributed by atoms with van der Waals surface area (Å²) < 4.78 is 5.33. The molecule has 0 fully saturated rings. The highest BCUT2D eigenvalue weighted by Crippen LogP contribution is 2.28. The predicted octanol–water partition coefficient (Wildman–Crippen LogP) is 5.57. The number of aromatic nitrogens is 2. The van der Waals surface area contributed by atoms with Crippen LogP contribution in [0, 0.1) is 6.92 Å². The van der Waals surface area contributed by atoms with E-state index < -0.39 is 0 Å². The maximum Gasteiger partial charge on any atom is 0.250 e. The molecule has 0 atom stereocenters. The molecule has 3 aromatic carbocycles. The number of carbonyl (C=O) groups excluding carboxylic acids is 1. The summed E-state index contributed by atoms with van der Waals surface area (Å²) in [7, 11) is 0. The van der Waals surface area contributed by atoms with Crippen molar-refractivity contribution in [2.75, 3.05) is 11.9 Å². The van der Waals surface area contributed by atoms with Crippen molar-refractivity contribution in [3.05, 3.63) is 72.3 Å². The van der Waals surface area contributed by atoms with Crippen molar-refractivity contribution in [3.63, 3.8) is 0 Å². The van der Waals surface area contributed by atoms with Crippen molar-refractivity contribution in [2.24, 2.45) is 0 Å². The largest absolute Gasteiger partial charge is 0.369 e. The van der Waals surface area contributed by atoms with Crippen molar-refractivity contribution in [3.8, 4) is 22.5 Å². The smallest absolute Gasteiger partial charge is 0.250 e. The number of ether oxygens (including phenoxy) is 1. The lowest BCUT2D eigenvalue weighted by atomic mass is 10.0. The number of amides is 1.